The number of imidazole rings is 1. The Hall–Kier alpha value is -1.33. The summed E-state index contributed by atoms with van der Waals surface area (Å²) in [5.74, 6) is -0.337. The summed E-state index contributed by atoms with van der Waals surface area (Å²) in [5, 5.41) is 10.3. The third kappa shape index (κ3) is 2.50. The number of rotatable bonds is 3. The van der Waals surface area contributed by atoms with Crippen LogP contribution in [-0.2, 0) is 7.05 Å². The summed E-state index contributed by atoms with van der Waals surface area (Å²) in [7, 11) is 1.85. The van der Waals surface area contributed by atoms with Crippen molar-refractivity contribution in [3.05, 3.63) is 42.0 Å². The molecule has 1 heterocycles. The van der Waals surface area contributed by atoms with E-state index in [1.807, 2.05) is 11.6 Å². The standard InChI is InChI=1S/C12H13FN2OS/c1-8(16)9-4-3-5-10(13)11(9)17-12-14-6-7-15(12)2/h3-8,16H,1-2H3/t8-/m0/s1. The molecule has 1 aromatic heterocycles. The Morgan fingerprint density at radius 3 is 2.82 bits per heavy atom. The van der Waals surface area contributed by atoms with Gasteiger partial charge in [-0.3, -0.25) is 0 Å². The maximum Gasteiger partial charge on any atom is 0.172 e. The van der Waals surface area contributed by atoms with Crippen molar-refractivity contribution >= 4 is 11.8 Å². The Morgan fingerprint density at radius 2 is 2.24 bits per heavy atom. The van der Waals surface area contributed by atoms with Crippen molar-refractivity contribution in [3.8, 4) is 0 Å². The van der Waals surface area contributed by atoms with Crippen molar-refractivity contribution in [1.29, 1.82) is 0 Å². The molecule has 0 aliphatic carbocycles. The summed E-state index contributed by atoms with van der Waals surface area (Å²) < 4.78 is 15.6. The highest BCUT2D eigenvalue weighted by Gasteiger charge is 2.15. The van der Waals surface area contributed by atoms with Crippen LogP contribution in [-0.4, -0.2) is 14.7 Å². The van der Waals surface area contributed by atoms with Crippen LogP contribution in [0.5, 0.6) is 0 Å². The molecule has 2 rings (SSSR count). The van der Waals surface area contributed by atoms with Gasteiger partial charge in [-0.25, -0.2) is 9.37 Å². The van der Waals surface area contributed by atoms with Crippen LogP contribution in [0.25, 0.3) is 0 Å². The lowest BCUT2D eigenvalue weighted by Gasteiger charge is -2.11. The fraction of sp³-hybridized carbons (Fsp3) is 0.250. The highest BCUT2D eigenvalue weighted by molar-refractivity contribution is 7.99. The van der Waals surface area contributed by atoms with Crippen LogP contribution in [0.1, 0.15) is 18.6 Å². The molecule has 0 bridgehead atoms. The van der Waals surface area contributed by atoms with Crippen molar-refractivity contribution in [2.24, 2.45) is 7.05 Å². The first-order valence-electron chi connectivity index (χ1n) is 5.21. The zero-order chi connectivity index (χ0) is 12.4. The number of aliphatic hydroxyl groups is 1. The van der Waals surface area contributed by atoms with E-state index in [1.165, 1.54) is 17.8 Å². The van der Waals surface area contributed by atoms with Gasteiger partial charge in [0, 0.05) is 19.4 Å². The molecule has 0 aliphatic rings. The molecule has 2 aromatic rings. The van der Waals surface area contributed by atoms with E-state index in [0.717, 1.165) is 0 Å². The molecular formula is C12H13FN2OS. The van der Waals surface area contributed by atoms with Gasteiger partial charge < -0.3 is 9.67 Å². The van der Waals surface area contributed by atoms with E-state index >= 15 is 0 Å². The van der Waals surface area contributed by atoms with E-state index in [2.05, 4.69) is 4.98 Å². The van der Waals surface area contributed by atoms with Crippen molar-refractivity contribution in [2.75, 3.05) is 0 Å². The number of nitrogens with zero attached hydrogens (tertiary/aromatic N) is 2. The second-order valence-electron chi connectivity index (χ2n) is 3.76. The molecular weight excluding hydrogens is 239 g/mol. The maximum absolute atomic E-state index is 13.8. The SMILES string of the molecule is C[C@H](O)c1cccc(F)c1Sc1nccn1C. The average molecular weight is 252 g/mol. The van der Waals surface area contributed by atoms with Gasteiger partial charge in [0.1, 0.15) is 5.82 Å². The molecule has 0 saturated heterocycles. The molecule has 0 aliphatic heterocycles. The Bertz CT molecular complexity index is 525. The zero-order valence-electron chi connectivity index (χ0n) is 9.59. The Morgan fingerprint density at radius 1 is 1.47 bits per heavy atom. The van der Waals surface area contributed by atoms with Gasteiger partial charge >= 0.3 is 0 Å². The van der Waals surface area contributed by atoms with E-state index < -0.39 is 6.10 Å². The summed E-state index contributed by atoms with van der Waals surface area (Å²) in [5.41, 5.74) is 0.581. The van der Waals surface area contributed by atoms with Crippen LogP contribution < -0.4 is 0 Å². The molecule has 0 fully saturated rings. The van der Waals surface area contributed by atoms with Crippen molar-refractivity contribution in [3.63, 3.8) is 0 Å². The van der Waals surface area contributed by atoms with Crippen LogP contribution in [0.3, 0.4) is 0 Å². The van der Waals surface area contributed by atoms with Gasteiger partial charge in [-0.2, -0.15) is 0 Å². The predicted molar refractivity (Wildman–Crippen MR) is 64.4 cm³/mol. The number of aromatic nitrogens is 2. The van der Waals surface area contributed by atoms with E-state index in [9.17, 15) is 9.50 Å². The monoisotopic (exact) mass is 252 g/mol. The lowest BCUT2D eigenvalue weighted by atomic mass is 10.1. The van der Waals surface area contributed by atoms with Gasteiger partial charge in [0.2, 0.25) is 0 Å². The van der Waals surface area contributed by atoms with Crippen molar-refractivity contribution in [2.45, 2.75) is 23.1 Å². The Labute approximate surface area is 103 Å². The van der Waals surface area contributed by atoms with Gasteiger partial charge in [0.25, 0.3) is 0 Å². The molecule has 1 N–H and O–H groups in total. The van der Waals surface area contributed by atoms with Crippen LogP contribution in [0.15, 0.2) is 40.6 Å². The number of hydrogen-bond donors (Lipinski definition) is 1. The molecule has 0 amide bonds. The van der Waals surface area contributed by atoms with Gasteiger partial charge in [-0.15, -0.1) is 0 Å². The van der Waals surface area contributed by atoms with Crippen molar-refractivity contribution < 1.29 is 9.50 Å². The molecule has 0 spiro atoms. The molecule has 1 aromatic carbocycles. The number of benzene rings is 1. The van der Waals surface area contributed by atoms with Gasteiger partial charge in [-0.1, -0.05) is 12.1 Å². The second kappa shape index (κ2) is 4.89. The van der Waals surface area contributed by atoms with E-state index in [0.29, 0.717) is 15.6 Å². The van der Waals surface area contributed by atoms with Crippen LogP contribution in [0.2, 0.25) is 0 Å². The molecule has 17 heavy (non-hydrogen) atoms. The van der Waals surface area contributed by atoms with Gasteiger partial charge in [-0.05, 0) is 30.3 Å². The van der Waals surface area contributed by atoms with E-state index in [1.54, 1.807) is 31.5 Å². The van der Waals surface area contributed by atoms with E-state index in [-0.39, 0.29) is 5.82 Å². The molecule has 0 radical (unpaired) electrons. The van der Waals surface area contributed by atoms with Crippen molar-refractivity contribution in [1.82, 2.24) is 9.55 Å². The van der Waals surface area contributed by atoms with Gasteiger partial charge in [0.05, 0.1) is 11.0 Å². The Balaban J connectivity index is 2.41. The smallest absolute Gasteiger partial charge is 0.172 e. The third-order valence-electron chi connectivity index (χ3n) is 2.42. The minimum absolute atomic E-state index is 0.337. The topological polar surface area (TPSA) is 38.1 Å². The molecule has 1 atom stereocenters. The first kappa shape index (κ1) is 12.1. The van der Waals surface area contributed by atoms with E-state index in [4.69, 9.17) is 0 Å². The summed E-state index contributed by atoms with van der Waals surface area (Å²) in [4.78, 5) is 4.56. The molecule has 90 valence electrons. The quantitative estimate of drug-likeness (QED) is 0.912. The predicted octanol–water partition coefficient (Wildman–Crippen LogP) is 2.76. The third-order valence-corrected chi connectivity index (χ3v) is 3.63. The molecule has 0 unspecified atom stereocenters. The first-order valence-corrected chi connectivity index (χ1v) is 6.03. The summed E-state index contributed by atoms with van der Waals surface area (Å²) in [6.45, 7) is 1.62. The fourth-order valence-electron chi connectivity index (χ4n) is 1.50. The molecule has 3 nitrogen and oxygen atoms in total. The highest BCUT2D eigenvalue weighted by atomic mass is 32.2. The fourth-order valence-corrected chi connectivity index (χ4v) is 2.53. The first-order chi connectivity index (χ1) is 8.09. The number of aliphatic hydroxyl groups excluding tert-OH is 1. The van der Waals surface area contributed by atoms with Gasteiger partial charge in [0.15, 0.2) is 5.16 Å². The lowest BCUT2D eigenvalue weighted by Crippen LogP contribution is -1.98. The van der Waals surface area contributed by atoms with Crippen LogP contribution in [0.4, 0.5) is 4.39 Å². The lowest BCUT2D eigenvalue weighted by molar-refractivity contribution is 0.195. The number of hydrogen-bond acceptors (Lipinski definition) is 3. The minimum Gasteiger partial charge on any atom is -0.389 e. The van der Waals surface area contributed by atoms with Crippen LogP contribution in [0, 0.1) is 5.82 Å². The van der Waals surface area contributed by atoms with Crippen LogP contribution >= 0.6 is 11.8 Å². The maximum atomic E-state index is 13.8. The summed E-state index contributed by atoms with van der Waals surface area (Å²) in [6.07, 6.45) is 2.75. The normalized spacial score (nSPS) is 12.7. The molecule has 5 heteroatoms. The largest absolute Gasteiger partial charge is 0.389 e. The number of aryl methyl sites for hydroxylation is 1. The Kier molecular flexibility index (Phi) is 3.49. The minimum atomic E-state index is -0.700. The zero-order valence-corrected chi connectivity index (χ0v) is 10.4. The summed E-state index contributed by atoms with van der Waals surface area (Å²) in [6, 6.07) is 4.70. The summed E-state index contributed by atoms with van der Waals surface area (Å²) >= 11 is 1.22. The number of halogens is 1. The molecule has 0 saturated carbocycles. The highest BCUT2D eigenvalue weighted by Crippen LogP contribution is 2.34. The second-order valence-corrected chi connectivity index (χ2v) is 4.73. The average Bonchev–Trinajstić information content (AvgIpc) is 2.67.